The number of rotatable bonds is 6. The molecule has 3 aliphatic rings. The van der Waals surface area contributed by atoms with Crippen LogP contribution in [0.5, 0.6) is 0 Å². The summed E-state index contributed by atoms with van der Waals surface area (Å²) >= 11 is 0. The highest BCUT2D eigenvalue weighted by Gasteiger charge is 2.35. The molecule has 3 heterocycles. The Morgan fingerprint density at radius 3 is 2.83 bits per heavy atom. The van der Waals surface area contributed by atoms with Crippen molar-refractivity contribution in [3.05, 3.63) is 107 Å². The SMILES string of the molecule is O=C(CN1CCn2cccc2C1C1=COC=C(C2=CC=CCC2)O1)NCc1cccc(C(F)(F)F)c1. The van der Waals surface area contributed by atoms with Gasteiger partial charge in [-0.3, -0.25) is 9.69 Å². The third kappa shape index (κ3) is 5.26. The molecule has 5 rings (SSSR count). The molecule has 0 saturated carbocycles. The maximum Gasteiger partial charge on any atom is 0.416 e. The van der Waals surface area contributed by atoms with Gasteiger partial charge in [0.25, 0.3) is 0 Å². The lowest BCUT2D eigenvalue weighted by atomic mass is 10.0. The Bertz CT molecular complexity index is 1260. The number of benzene rings is 1. The summed E-state index contributed by atoms with van der Waals surface area (Å²) in [5.41, 5.74) is 1.67. The fourth-order valence-electron chi connectivity index (χ4n) is 4.63. The normalized spacial score (nSPS) is 19.9. The minimum Gasteiger partial charge on any atom is -0.465 e. The van der Waals surface area contributed by atoms with E-state index in [1.165, 1.54) is 6.07 Å². The van der Waals surface area contributed by atoms with Crippen LogP contribution in [-0.2, 0) is 33.5 Å². The lowest BCUT2D eigenvalue weighted by molar-refractivity contribution is -0.137. The van der Waals surface area contributed by atoms with Crippen LogP contribution in [0.2, 0.25) is 0 Å². The second-order valence-corrected chi connectivity index (χ2v) is 8.87. The van der Waals surface area contributed by atoms with E-state index in [2.05, 4.69) is 16.0 Å². The summed E-state index contributed by atoms with van der Waals surface area (Å²) in [4.78, 5) is 14.8. The van der Waals surface area contributed by atoms with E-state index in [0.717, 1.165) is 36.2 Å². The summed E-state index contributed by atoms with van der Waals surface area (Å²) in [7, 11) is 0. The number of ether oxygens (including phenoxy) is 2. The van der Waals surface area contributed by atoms with Gasteiger partial charge in [0.05, 0.1) is 12.1 Å². The van der Waals surface area contributed by atoms with Crippen molar-refractivity contribution in [3.63, 3.8) is 0 Å². The maximum absolute atomic E-state index is 13.0. The molecule has 36 heavy (non-hydrogen) atoms. The van der Waals surface area contributed by atoms with Crippen LogP contribution in [0.25, 0.3) is 0 Å². The van der Waals surface area contributed by atoms with Gasteiger partial charge >= 0.3 is 6.18 Å². The molecule has 0 spiro atoms. The van der Waals surface area contributed by atoms with Gasteiger partial charge in [-0.25, -0.2) is 0 Å². The van der Waals surface area contributed by atoms with E-state index < -0.39 is 11.7 Å². The topological polar surface area (TPSA) is 55.7 Å². The van der Waals surface area contributed by atoms with Crippen molar-refractivity contribution in [3.8, 4) is 0 Å². The van der Waals surface area contributed by atoms with Gasteiger partial charge in [-0.15, -0.1) is 0 Å². The number of hydrogen-bond donors (Lipinski definition) is 1. The second kappa shape index (κ2) is 10.1. The summed E-state index contributed by atoms with van der Waals surface area (Å²) in [5, 5.41) is 2.75. The molecule has 0 saturated heterocycles. The number of nitrogens with one attached hydrogen (secondary N) is 1. The molecule has 1 unspecified atom stereocenters. The van der Waals surface area contributed by atoms with Crippen LogP contribution < -0.4 is 5.32 Å². The predicted molar refractivity (Wildman–Crippen MR) is 127 cm³/mol. The van der Waals surface area contributed by atoms with Crippen LogP contribution in [0, 0.1) is 0 Å². The fraction of sp³-hybridized carbons (Fsp3) is 0.296. The van der Waals surface area contributed by atoms with Crippen LogP contribution in [0.15, 0.2) is 90.4 Å². The monoisotopic (exact) mass is 497 g/mol. The quantitative estimate of drug-likeness (QED) is 0.597. The van der Waals surface area contributed by atoms with Crippen molar-refractivity contribution in [2.75, 3.05) is 13.1 Å². The molecule has 0 radical (unpaired) electrons. The highest BCUT2D eigenvalue weighted by Crippen LogP contribution is 2.37. The van der Waals surface area contributed by atoms with Crippen LogP contribution in [0.3, 0.4) is 0 Å². The molecule has 1 amide bonds. The number of halogens is 3. The summed E-state index contributed by atoms with van der Waals surface area (Å²) < 4.78 is 53.1. The number of carbonyl (C=O) groups excluding carboxylic acids is 1. The average Bonchev–Trinajstić information content (AvgIpc) is 3.36. The first-order valence-electron chi connectivity index (χ1n) is 11.8. The highest BCUT2D eigenvalue weighted by atomic mass is 19.4. The van der Waals surface area contributed by atoms with E-state index in [1.807, 2.05) is 35.4 Å². The Hall–Kier alpha value is -3.72. The molecule has 9 heteroatoms. The number of allylic oxidation sites excluding steroid dienone is 4. The van der Waals surface area contributed by atoms with Crippen LogP contribution in [-0.4, -0.2) is 28.5 Å². The van der Waals surface area contributed by atoms with E-state index in [-0.39, 0.29) is 25.0 Å². The minimum atomic E-state index is -4.43. The first-order valence-corrected chi connectivity index (χ1v) is 11.8. The highest BCUT2D eigenvalue weighted by molar-refractivity contribution is 5.78. The summed E-state index contributed by atoms with van der Waals surface area (Å²) in [6.07, 6.45) is 8.58. The van der Waals surface area contributed by atoms with E-state index in [1.54, 1.807) is 18.6 Å². The molecule has 1 N–H and O–H groups in total. The summed E-state index contributed by atoms with van der Waals surface area (Å²) in [5.74, 6) is 0.938. The van der Waals surface area contributed by atoms with E-state index >= 15 is 0 Å². The smallest absolute Gasteiger partial charge is 0.416 e. The van der Waals surface area contributed by atoms with Gasteiger partial charge in [-0.1, -0.05) is 30.4 Å². The number of carbonyl (C=O) groups is 1. The van der Waals surface area contributed by atoms with E-state index in [9.17, 15) is 18.0 Å². The summed E-state index contributed by atoms with van der Waals surface area (Å²) in [6, 6.07) is 8.56. The van der Waals surface area contributed by atoms with Gasteiger partial charge in [-0.2, -0.15) is 13.2 Å². The Morgan fingerprint density at radius 1 is 1.14 bits per heavy atom. The maximum atomic E-state index is 13.0. The van der Waals surface area contributed by atoms with Crippen LogP contribution in [0.4, 0.5) is 13.2 Å². The minimum absolute atomic E-state index is 0.00844. The number of nitrogens with zero attached hydrogens (tertiary/aromatic N) is 2. The Kier molecular flexibility index (Phi) is 6.73. The Balaban J connectivity index is 1.28. The van der Waals surface area contributed by atoms with Crippen molar-refractivity contribution >= 4 is 5.91 Å². The molecule has 2 aliphatic heterocycles. The number of alkyl halides is 3. The zero-order valence-electron chi connectivity index (χ0n) is 19.5. The molecule has 0 bridgehead atoms. The van der Waals surface area contributed by atoms with Crippen molar-refractivity contribution in [2.45, 2.75) is 38.1 Å². The van der Waals surface area contributed by atoms with Gasteiger partial charge in [-0.05, 0) is 48.2 Å². The Labute approximate surface area is 207 Å². The molecule has 188 valence electrons. The lowest BCUT2D eigenvalue weighted by Crippen LogP contribution is -2.45. The zero-order valence-corrected chi connectivity index (χ0v) is 19.5. The third-order valence-corrected chi connectivity index (χ3v) is 6.42. The van der Waals surface area contributed by atoms with Gasteiger partial charge < -0.3 is 19.4 Å². The summed E-state index contributed by atoms with van der Waals surface area (Å²) in [6.45, 7) is 1.36. The van der Waals surface area contributed by atoms with Crippen LogP contribution >= 0.6 is 0 Å². The lowest BCUT2D eigenvalue weighted by Gasteiger charge is -2.38. The zero-order chi connectivity index (χ0) is 25.1. The molecule has 6 nitrogen and oxygen atoms in total. The van der Waals surface area contributed by atoms with Gasteiger partial charge in [0.15, 0.2) is 11.5 Å². The van der Waals surface area contributed by atoms with Gasteiger partial charge in [0.2, 0.25) is 5.91 Å². The average molecular weight is 498 g/mol. The van der Waals surface area contributed by atoms with Crippen molar-refractivity contribution < 1.29 is 27.4 Å². The Morgan fingerprint density at radius 2 is 2.03 bits per heavy atom. The van der Waals surface area contributed by atoms with E-state index in [0.29, 0.717) is 30.2 Å². The molecule has 1 aliphatic carbocycles. The largest absolute Gasteiger partial charge is 0.465 e. The van der Waals surface area contributed by atoms with Crippen molar-refractivity contribution in [1.82, 2.24) is 14.8 Å². The third-order valence-electron chi connectivity index (χ3n) is 6.42. The molecular formula is C27H26F3N3O3. The molecular weight excluding hydrogens is 471 g/mol. The number of hydrogen-bond acceptors (Lipinski definition) is 4. The molecule has 1 atom stereocenters. The molecule has 2 aromatic rings. The molecule has 0 fully saturated rings. The molecule has 1 aromatic heterocycles. The number of aromatic nitrogens is 1. The van der Waals surface area contributed by atoms with Gasteiger partial charge in [0, 0.05) is 31.5 Å². The fourth-order valence-corrected chi connectivity index (χ4v) is 4.63. The predicted octanol–water partition coefficient (Wildman–Crippen LogP) is 5.19. The van der Waals surface area contributed by atoms with Gasteiger partial charge in [0.1, 0.15) is 18.6 Å². The number of fused-ring (bicyclic) bond motifs is 1. The second-order valence-electron chi connectivity index (χ2n) is 8.87. The van der Waals surface area contributed by atoms with Crippen molar-refractivity contribution in [2.24, 2.45) is 0 Å². The first-order chi connectivity index (χ1) is 17.4. The molecule has 1 aromatic carbocycles. The van der Waals surface area contributed by atoms with E-state index in [4.69, 9.17) is 9.47 Å². The number of amides is 1. The van der Waals surface area contributed by atoms with Crippen LogP contribution in [0.1, 0.15) is 35.7 Å². The first kappa shape index (κ1) is 24.0. The van der Waals surface area contributed by atoms with Crippen molar-refractivity contribution in [1.29, 1.82) is 0 Å². The standard InChI is InChI=1S/C27H26F3N3O3/c28-27(29,30)21-9-4-6-19(14-21)15-31-25(34)16-33-13-12-32-11-5-10-22(32)26(33)24-18-35-17-23(36-24)20-7-2-1-3-8-20/h1-2,4-7,9-11,14,17-18,26H,3,8,12-13,15-16H2,(H,31,34).